The highest BCUT2D eigenvalue weighted by Crippen LogP contribution is 2.39. The summed E-state index contributed by atoms with van der Waals surface area (Å²) in [5.41, 5.74) is 3.10. The van der Waals surface area contributed by atoms with E-state index in [9.17, 15) is 4.79 Å². The lowest BCUT2D eigenvalue weighted by molar-refractivity contribution is -0.129. The van der Waals surface area contributed by atoms with E-state index in [1.807, 2.05) is 35.2 Å². The van der Waals surface area contributed by atoms with Crippen molar-refractivity contribution >= 4 is 17.7 Å². The SMILES string of the molecule is COc1ccc(OC)c(C2CCCN2C(=O)CSc2nnnn2-c2ccc(C(C)C)cc2)c1. The van der Waals surface area contributed by atoms with Gasteiger partial charge in [-0.15, -0.1) is 5.10 Å². The van der Waals surface area contributed by atoms with Gasteiger partial charge in [-0.25, -0.2) is 0 Å². The van der Waals surface area contributed by atoms with E-state index < -0.39 is 0 Å². The number of ether oxygens (including phenoxy) is 2. The minimum atomic E-state index is -0.0391. The highest BCUT2D eigenvalue weighted by molar-refractivity contribution is 7.99. The van der Waals surface area contributed by atoms with Gasteiger partial charge in [-0.05, 0) is 65.1 Å². The summed E-state index contributed by atoms with van der Waals surface area (Å²) < 4.78 is 12.6. The smallest absolute Gasteiger partial charge is 0.233 e. The molecule has 1 aliphatic heterocycles. The highest BCUT2D eigenvalue weighted by atomic mass is 32.2. The number of carbonyl (C=O) groups excluding carboxylic acids is 1. The molecule has 0 bridgehead atoms. The molecule has 9 heteroatoms. The van der Waals surface area contributed by atoms with Crippen molar-refractivity contribution in [2.45, 2.75) is 43.8 Å². The summed E-state index contributed by atoms with van der Waals surface area (Å²) in [6, 6.07) is 13.9. The van der Waals surface area contributed by atoms with Crippen molar-refractivity contribution in [3.8, 4) is 17.2 Å². The number of methoxy groups -OCH3 is 2. The minimum absolute atomic E-state index is 0.0391. The van der Waals surface area contributed by atoms with E-state index in [1.54, 1.807) is 18.9 Å². The lowest BCUT2D eigenvalue weighted by Gasteiger charge is -2.26. The number of carbonyl (C=O) groups is 1. The first-order valence-electron chi connectivity index (χ1n) is 11.0. The maximum Gasteiger partial charge on any atom is 0.233 e. The number of aromatic nitrogens is 4. The first-order chi connectivity index (χ1) is 16.0. The van der Waals surface area contributed by atoms with Crippen LogP contribution in [0.1, 0.15) is 49.8 Å². The van der Waals surface area contributed by atoms with Gasteiger partial charge < -0.3 is 14.4 Å². The van der Waals surface area contributed by atoms with Crippen molar-refractivity contribution in [3.63, 3.8) is 0 Å². The second-order valence-electron chi connectivity index (χ2n) is 8.26. The van der Waals surface area contributed by atoms with Crippen LogP contribution >= 0.6 is 11.8 Å². The Morgan fingerprint density at radius 1 is 1.15 bits per heavy atom. The number of benzene rings is 2. The predicted molar refractivity (Wildman–Crippen MR) is 127 cm³/mol. The fraction of sp³-hybridized carbons (Fsp3) is 0.417. The van der Waals surface area contributed by atoms with Crippen LogP contribution in [0.4, 0.5) is 0 Å². The standard InChI is InChI=1S/C24H29N5O3S/c1-16(2)17-7-9-18(10-8-17)29-24(25-26-27-29)33-15-23(30)28-13-5-6-21(28)20-14-19(31-3)11-12-22(20)32-4/h7-12,14,16,21H,5-6,13,15H2,1-4H3. The number of amides is 1. The van der Waals surface area contributed by atoms with Gasteiger partial charge in [-0.2, -0.15) is 4.68 Å². The molecule has 1 saturated heterocycles. The van der Waals surface area contributed by atoms with Crippen LogP contribution in [0, 0.1) is 0 Å². The van der Waals surface area contributed by atoms with Gasteiger partial charge in [0.25, 0.3) is 0 Å². The van der Waals surface area contributed by atoms with E-state index >= 15 is 0 Å². The molecule has 2 aromatic carbocycles. The van der Waals surface area contributed by atoms with Gasteiger partial charge in [0.1, 0.15) is 11.5 Å². The Morgan fingerprint density at radius 3 is 2.64 bits per heavy atom. The number of nitrogens with zero attached hydrogens (tertiary/aromatic N) is 5. The van der Waals surface area contributed by atoms with E-state index in [4.69, 9.17) is 9.47 Å². The summed E-state index contributed by atoms with van der Waals surface area (Å²) in [7, 11) is 3.29. The number of hydrogen-bond acceptors (Lipinski definition) is 7. The second-order valence-corrected chi connectivity index (χ2v) is 9.20. The van der Waals surface area contributed by atoms with Gasteiger partial charge in [0.15, 0.2) is 0 Å². The molecule has 1 amide bonds. The Kier molecular flexibility index (Phi) is 7.17. The van der Waals surface area contributed by atoms with Crippen LogP contribution in [0.25, 0.3) is 5.69 Å². The molecule has 1 unspecified atom stereocenters. The van der Waals surface area contributed by atoms with Crippen molar-refractivity contribution in [1.29, 1.82) is 0 Å². The topological polar surface area (TPSA) is 82.4 Å². The average Bonchev–Trinajstić information content (AvgIpc) is 3.52. The van der Waals surface area contributed by atoms with Crippen molar-refractivity contribution in [3.05, 3.63) is 53.6 Å². The molecule has 1 atom stereocenters. The van der Waals surface area contributed by atoms with E-state index in [-0.39, 0.29) is 17.7 Å². The maximum atomic E-state index is 13.2. The lowest BCUT2D eigenvalue weighted by atomic mass is 10.0. The largest absolute Gasteiger partial charge is 0.497 e. The number of rotatable bonds is 8. The predicted octanol–water partition coefficient (Wildman–Crippen LogP) is 4.26. The first-order valence-corrected chi connectivity index (χ1v) is 12.0. The van der Waals surface area contributed by atoms with Gasteiger partial charge in [0.05, 0.1) is 31.7 Å². The molecule has 33 heavy (non-hydrogen) atoms. The summed E-state index contributed by atoms with van der Waals surface area (Å²) in [5.74, 6) is 2.28. The van der Waals surface area contributed by atoms with Crippen molar-refractivity contribution < 1.29 is 14.3 Å². The Labute approximate surface area is 198 Å². The molecule has 0 spiro atoms. The zero-order valence-corrected chi connectivity index (χ0v) is 20.2. The number of thioether (sulfide) groups is 1. The van der Waals surface area contributed by atoms with E-state index in [0.717, 1.165) is 35.6 Å². The number of hydrogen-bond donors (Lipinski definition) is 0. The first kappa shape index (κ1) is 23.1. The Hall–Kier alpha value is -3.07. The third kappa shape index (κ3) is 4.98. The molecule has 1 aliphatic rings. The zero-order valence-electron chi connectivity index (χ0n) is 19.4. The Morgan fingerprint density at radius 2 is 1.94 bits per heavy atom. The number of tetrazole rings is 1. The molecule has 0 saturated carbocycles. The minimum Gasteiger partial charge on any atom is -0.497 e. The van der Waals surface area contributed by atoms with Crippen LogP contribution in [0.3, 0.4) is 0 Å². The third-order valence-electron chi connectivity index (χ3n) is 5.94. The van der Waals surface area contributed by atoms with Gasteiger partial charge in [-0.1, -0.05) is 37.7 Å². The van der Waals surface area contributed by atoms with Crippen LogP contribution < -0.4 is 9.47 Å². The van der Waals surface area contributed by atoms with Crippen molar-refractivity contribution in [2.24, 2.45) is 0 Å². The highest BCUT2D eigenvalue weighted by Gasteiger charge is 2.32. The summed E-state index contributed by atoms with van der Waals surface area (Å²) in [6.45, 7) is 5.03. The van der Waals surface area contributed by atoms with Crippen molar-refractivity contribution in [1.82, 2.24) is 25.1 Å². The van der Waals surface area contributed by atoms with E-state index in [1.165, 1.54) is 17.3 Å². The summed E-state index contributed by atoms with van der Waals surface area (Å²) in [5, 5.41) is 12.7. The molecule has 1 aromatic heterocycles. The summed E-state index contributed by atoms with van der Waals surface area (Å²) >= 11 is 1.35. The van der Waals surface area contributed by atoms with Gasteiger partial charge >= 0.3 is 0 Å². The van der Waals surface area contributed by atoms with Crippen LogP contribution in [0.15, 0.2) is 47.6 Å². The number of likely N-dealkylation sites (tertiary alicyclic amines) is 1. The van der Waals surface area contributed by atoms with Gasteiger partial charge in [0, 0.05) is 12.1 Å². The molecule has 174 valence electrons. The molecule has 8 nitrogen and oxygen atoms in total. The molecule has 4 rings (SSSR count). The maximum absolute atomic E-state index is 13.2. The van der Waals surface area contributed by atoms with Crippen molar-refractivity contribution in [2.75, 3.05) is 26.5 Å². The molecular weight excluding hydrogens is 438 g/mol. The zero-order chi connectivity index (χ0) is 23.4. The fourth-order valence-electron chi connectivity index (χ4n) is 4.13. The molecule has 0 N–H and O–H groups in total. The summed E-state index contributed by atoms with van der Waals surface area (Å²) in [4.78, 5) is 15.1. The van der Waals surface area contributed by atoms with Crippen LogP contribution in [0.5, 0.6) is 11.5 Å². The lowest BCUT2D eigenvalue weighted by Crippen LogP contribution is -2.32. The molecule has 3 aromatic rings. The third-order valence-corrected chi connectivity index (χ3v) is 6.84. The molecule has 1 fully saturated rings. The average molecular weight is 468 g/mol. The molecule has 0 radical (unpaired) electrons. The molecule has 2 heterocycles. The molecule has 0 aliphatic carbocycles. The Balaban J connectivity index is 1.47. The van der Waals surface area contributed by atoms with E-state index in [2.05, 4.69) is 41.5 Å². The van der Waals surface area contributed by atoms with Gasteiger partial charge in [0.2, 0.25) is 11.1 Å². The normalized spacial score (nSPS) is 15.8. The fourth-order valence-corrected chi connectivity index (χ4v) is 4.91. The van der Waals surface area contributed by atoms with Crippen LogP contribution in [-0.4, -0.2) is 57.5 Å². The monoisotopic (exact) mass is 467 g/mol. The summed E-state index contributed by atoms with van der Waals surface area (Å²) in [6.07, 6.45) is 1.83. The molecular formula is C24H29N5O3S. The van der Waals surface area contributed by atoms with Gasteiger partial charge in [-0.3, -0.25) is 4.79 Å². The Bertz CT molecular complexity index is 1100. The van der Waals surface area contributed by atoms with Crippen LogP contribution in [0.2, 0.25) is 0 Å². The van der Waals surface area contributed by atoms with Crippen LogP contribution in [-0.2, 0) is 4.79 Å². The second kappa shape index (κ2) is 10.2. The quantitative estimate of drug-likeness (QED) is 0.458. The van der Waals surface area contributed by atoms with E-state index in [0.29, 0.717) is 17.6 Å².